The van der Waals surface area contributed by atoms with Gasteiger partial charge in [-0.25, -0.2) is 0 Å². The summed E-state index contributed by atoms with van der Waals surface area (Å²) >= 11 is 0. The van der Waals surface area contributed by atoms with Crippen molar-refractivity contribution in [2.75, 3.05) is 4.90 Å². The lowest BCUT2D eigenvalue weighted by molar-refractivity contribution is -0.137. The van der Waals surface area contributed by atoms with Crippen LogP contribution in [-0.4, -0.2) is 11.4 Å². The molecule has 0 fully saturated rings. The molecule has 0 bridgehead atoms. The number of halogens is 3. The van der Waals surface area contributed by atoms with Crippen LogP contribution in [0.4, 0.5) is 18.9 Å². The molecule has 0 saturated heterocycles. The summed E-state index contributed by atoms with van der Waals surface area (Å²) in [6.45, 7) is 5.93. The van der Waals surface area contributed by atoms with Crippen molar-refractivity contribution < 1.29 is 18.0 Å². The number of rotatable bonds is 2. The second-order valence-corrected chi connectivity index (χ2v) is 7.10. The average Bonchev–Trinajstić information content (AvgIpc) is 2.78. The van der Waals surface area contributed by atoms with E-state index in [4.69, 9.17) is 0 Å². The molecule has 1 heterocycles. The van der Waals surface area contributed by atoms with Crippen molar-refractivity contribution >= 4 is 11.6 Å². The van der Waals surface area contributed by atoms with Gasteiger partial charge in [-0.3, -0.25) is 15.0 Å². The van der Waals surface area contributed by atoms with Crippen LogP contribution in [0.5, 0.6) is 0 Å². The van der Waals surface area contributed by atoms with Crippen molar-refractivity contribution in [2.45, 2.75) is 38.7 Å². The van der Waals surface area contributed by atoms with E-state index in [1.807, 2.05) is 32.9 Å². The van der Waals surface area contributed by atoms with E-state index in [1.54, 1.807) is 12.1 Å². The third kappa shape index (κ3) is 3.39. The monoisotopic (exact) mass is 348 g/mol. The average molecular weight is 348 g/mol. The number of nitrogens with zero attached hydrogens (tertiary/aromatic N) is 1. The first-order valence-corrected chi connectivity index (χ1v) is 7.95. The summed E-state index contributed by atoms with van der Waals surface area (Å²) in [7, 11) is 0. The number of fused-ring (bicyclic) bond motifs is 1. The van der Waals surface area contributed by atoms with Crippen LogP contribution in [0.25, 0.3) is 0 Å². The van der Waals surface area contributed by atoms with Crippen molar-refractivity contribution in [3.8, 4) is 0 Å². The van der Waals surface area contributed by atoms with Crippen LogP contribution in [0.2, 0.25) is 0 Å². The molecule has 0 saturated carbocycles. The maximum absolute atomic E-state index is 12.8. The van der Waals surface area contributed by atoms with Gasteiger partial charge < -0.3 is 0 Å². The molecule has 1 N–H and O–H groups in total. The van der Waals surface area contributed by atoms with E-state index in [2.05, 4.69) is 5.32 Å². The number of hydrogen-bond donors (Lipinski definition) is 1. The number of amides is 1. The van der Waals surface area contributed by atoms with Gasteiger partial charge in [0.25, 0.3) is 5.91 Å². The number of hydrogen-bond acceptors (Lipinski definition) is 2. The van der Waals surface area contributed by atoms with Gasteiger partial charge in [-0.2, -0.15) is 13.2 Å². The van der Waals surface area contributed by atoms with Crippen LogP contribution in [0.1, 0.15) is 48.4 Å². The minimum absolute atomic E-state index is 0.225. The SMILES string of the molecule is CC(C)(C)NC1c2ccccc2C(=O)N1c1ccc(C(F)(F)F)cc1. The number of anilines is 1. The number of benzene rings is 2. The summed E-state index contributed by atoms with van der Waals surface area (Å²) in [4.78, 5) is 14.3. The highest BCUT2D eigenvalue weighted by molar-refractivity contribution is 6.11. The van der Waals surface area contributed by atoms with Crippen LogP contribution >= 0.6 is 0 Å². The van der Waals surface area contributed by atoms with E-state index >= 15 is 0 Å². The maximum Gasteiger partial charge on any atom is 0.416 e. The van der Waals surface area contributed by atoms with Crippen molar-refractivity contribution in [1.29, 1.82) is 0 Å². The summed E-state index contributed by atoms with van der Waals surface area (Å²) < 4.78 is 38.4. The van der Waals surface area contributed by atoms with Crippen LogP contribution in [0.15, 0.2) is 48.5 Å². The molecule has 0 spiro atoms. The normalized spacial score (nSPS) is 17.8. The summed E-state index contributed by atoms with van der Waals surface area (Å²) in [5.74, 6) is -0.225. The minimum Gasteiger partial charge on any atom is -0.288 e. The highest BCUT2D eigenvalue weighted by atomic mass is 19.4. The van der Waals surface area contributed by atoms with E-state index in [9.17, 15) is 18.0 Å². The number of alkyl halides is 3. The highest BCUT2D eigenvalue weighted by Gasteiger charge is 2.39. The van der Waals surface area contributed by atoms with Gasteiger partial charge in [0.2, 0.25) is 0 Å². The molecular formula is C19H19F3N2O. The lowest BCUT2D eigenvalue weighted by atomic mass is 10.0. The van der Waals surface area contributed by atoms with Crippen molar-refractivity contribution in [2.24, 2.45) is 0 Å². The van der Waals surface area contributed by atoms with Gasteiger partial charge in [0.1, 0.15) is 6.17 Å². The molecule has 0 radical (unpaired) electrons. The van der Waals surface area contributed by atoms with Crippen molar-refractivity contribution in [3.63, 3.8) is 0 Å². The zero-order valence-corrected chi connectivity index (χ0v) is 14.2. The van der Waals surface area contributed by atoms with Crippen LogP contribution in [0.3, 0.4) is 0 Å². The van der Waals surface area contributed by atoms with Crippen molar-refractivity contribution in [1.82, 2.24) is 5.32 Å². The summed E-state index contributed by atoms with van der Waals surface area (Å²) in [6, 6.07) is 11.9. The van der Waals surface area contributed by atoms with Crippen LogP contribution in [-0.2, 0) is 6.18 Å². The third-order valence-corrected chi connectivity index (χ3v) is 4.01. The molecule has 3 rings (SSSR count). The molecule has 1 atom stereocenters. The molecule has 3 nitrogen and oxygen atoms in total. The second kappa shape index (κ2) is 5.88. The number of carbonyl (C=O) groups excluding carboxylic acids is 1. The minimum atomic E-state index is -4.40. The molecule has 2 aromatic carbocycles. The Kier molecular flexibility index (Phi) is 4.11. The molecule has 1 unspecified atom stereocenters. The third-order valence-electron chi connectivity index (χ3n) is 4.01. The lowest BCUT2D eigenvalue weighted by Crippen LogP contribution is -2.45. The molecule has 132 valence electrons. The molecule has 25 heavy (non-hydrogen) atoms. The smallest absolute Gasteiger partial charge is 0.288 e. The van der Waals surface area contributed by atoms with Gasteiger partial charge in [0.15, 0.2) is 0 Å². The Hall–Kier alpha value is -2.34. The van der Waals surface area contributed by atoms with Crippen molar-refractivity contribution in [3.05, 3.63) is 65.2 Å². The van der Waals surface area contributed by atoms with Gasteiger partial charge in [0.05, 0.1) is 5.56 Å². The fraction of sp³-hybridized carbons (Fsp3) is 0.316. The zero-order chi connectivity index (χ0) is 18.4. The first kappa shape index (κ1) is 17.5. The largest absolute Gasteiger partial charge is 0.416 e. The molecule has 0 aromatic heterocycles. The van der Waals surface area contributed by atoms with Gasteiger partial charge in [0, 0.05) is 22.4 Å². The Morgan fingerprint density at radius 2 is 1.56 bits per heavy atom. The molecule has 1 aliphatic heterocycles. The molecule has 1 amide bonds. The first-order valence-electron chi connectivity index (χ1n) is 7.95. The lowest BCUT2D eigenvalue weighted by Gasteiger charge is -2.33. The fourth-order valence-electron chi connectivity index (χ4n) is 2.95. The standard InChI is InChI=1S/C19H19F3N2O/c1-18(2,3)23-16-14-6-4-5-7-15(14)17(25)24(16)13-10-8-12(9-11-13)19(20,21)22/h4-11,16,23H,1-3H3. The number of carbonyl (C=O) groups is 1. The van der Waals surface area contributed by atoms with Gasteiger partial charge in [-0.05, 0) is 51.1 Å². The van der Waals surface area contributed by atoms with E-state index in [-0.39, 0.29) is 11.4 Å². The van der Waals surface area contributed by atoms with E-state index < -0.39 is 17.9 Å². The Morgan fingerprint density at radius 1 is 0.960 bits per heavy atom. The molecule has 0 aliphatic carbocycles. The van der Waals surface area contributed by atoms with E-state index in [1.165, 1.54) is 17.0 Å². The van der Waals surface area contributed by atoms with Crippen LogP contribution < -0.4 is 10.2 Å². The Morgan fingerprint density at radius 3 is 2.12 bits per heavy atom. The Labute approximate surface area is 144 Å². The van der Waals surface area contributed by atoms with Gasteiger partial charge in [-0.15, -0.1) is 0 Å². The Balaban J connectivity index is 2.03. The predicted octanol–water partition coefficient (Wildman–Crippen LogP) is 4.75. The fourth-order valence-corrected chi connectivity index (χ4v) is 2.95. The maximum atomic E-state index is 12.8. The predicted molar refractivity (Wildman–Crippen MR) is 90.3 cm³/mol. The molecular weight excluding hydrogens is 329 g/mol. The van der Waals surface area contributed by atoms with Crippen LogP contribution in [0, 0.1) is 0 Å². The quantitative estimate of drug-likeness (QED) is 0.849. The molecule has 1 aliphatic rings. The summed E-state index contributed by atoms with van der Waals surface area (Å²) in [5, 5.41) is 3.38. The van der Waals surface area contributed by atoms with Gasteiger partial charge >= 0.3 is 6.18 Å². The first-order chi connectivity index (χ1) is 11.6. The molecule has 6 heteroatoms. The summed E-state index contributed by atoms with van der Waals surface area (Å²) in [5.41, 5.74) is 0.787. The second-order valence-electron chi connectivity index (χ2n) is 7.10. The van der Waals surface area contributed by atoms with Gasteiger partial charge in [-0.1, -0.05) is 18.2 Å². The zero-order valence-electron chi connectivity index (χ0n) is 14.2. The highest BCUT2D eigenvalue weighted by Crippen LogP contribution is 2.38. The number of nitrogens with one attached hydrogen (secondary N) is 1. The topological polar surface area (TPSA) is 32.3 Å². The van der Waals surface area contributed by atoms with E-state index in [0.717, 1.165) is 17.7 Å². The van der Waals surface area contributed by atoms with E-state index in [0.29, 0.717) is 11.3 Å². The molecule has 2 aromatic rings. The summed E-state index contributed by atoms with van der Waals surface area (Å²) in [6.07, 6.45) is -4.83. The Bertz CT molecular complexity index is 792.